The Morgan fingerprint density at radius 2 is 2.04 bits per heavy atom. The van der Waals surface area contributed by atoms with Gasteiger partial charge in [-0.2, -0.15) is 0 Å². The second-order valence-electron chi connectivity index (χ2n) is 4.91. The molecule has 116 valence electrons. The molecule has 0 aliphatic carbocycles. The summed E-state index contributed by atoms with van der Waals surface area (Å²) in [7, 11) is 0. The van der Waals surface area contributed by atoms with E-state index in [0.29, 0.717) is 21.5 Å². The number of nitrogens with zero attached hydrogens (tertiary/aromatic N) is 2. The molecule has 1 aromatic heterocycles. The summed E-state index contributed by atoms with van der Waals surface area (Å²) in [5, 5.41) is 10.3. The van der Waals surface area contributed by atoms with E-state index in [1.165, 1.54) is 12.4 Å². The van der Waals surface area contributed by atoms with Gasteiger partial charge in [0.1, 0.15) is 0 Å². The lowest BCUT2D eigenvalue weighted by Gasteiger charge is -2.16. The van der Waals surface area contributed by atoms with Gasteiger partial charge in [0.15, 0.2) is 6.04 Å². The highest BCUT2D eigenvalue weighted by Crippen LogP contribution is 2.22. The monoisotopic (exact) mass is 392 g/mol. The van der Waals surface area contributed by atoms with Crippen LogP contribution in [0.3, 0.4) is 0 Å². The smallest absolute Gasteiger partial charge is 0.331 e. The first-order valence-corrected chi connectivity index (χ1v) is 7.79. The zero-order valence-electron chi connectivity index (χ0n) is 11.6. The van der Waals surface area contributed by atoms with Crippen LogP contribution in [0, 0.1) is 0 Å². The molecule has 0 spiro atoms. The molecule has 3 rings (SSSR count). The minimum absolute atomic E-state index is 0.351. The summed E-state index contributed by atoms with van der Waals surface area (Å²) >= 11 is 9.25. The number of hydrogen-bond acceptors (Lipinski definition) is 3. The van der Waals surface area contributed by atoms with Crippen molar-refractivity contribution in [2.45, 2.75) is 6.04 Å². The SMILES string of the molecule is O=C(O)C(c1cccc(Cl)c1)n1cnc2cc(Br)ccc2c1=O. The molecule has 23 heavy (non-hydrogen) atoms. The van der Waals surface area contributed by atoms with Crippen LogP contribution in [0.4, 0.5) is 0 Å². The fourth-order valence-corrected chi connectivity index (χ4v) is 2.94. The van der Waals surface area contributed by atoms with Gasteiger partial charge in [-0.1, -0.05) is 39.7 Å². The van der Waals surface area contributed by atoms with Gasteiger partial charge >= 0.3 is 5.97 Å². The molecule has 0 aliphatic rings. The number of hydrogen-bond donors (Lipinski definition) is 1. The van der Waals surface area contributed by atoms with Gasteiger partial charge in [0.05, 0.1) is 17.2 Å². The van der Waals surface area contributed by atoms with Crippen LogP contribution in [-0.4, -0.2) is 20.6 Å². The van der Waals surface area contributed by atoms with Crippen LogP contribution in [0.1, 0.15) is 11.6 Å². The average Bonchev–Trinajstić information content (AvgIpc) is 2.49. The fourth-order valence-electron chi connectivity index (χ4n) is 2.39. The molecule has 1 N–H and O–H groups in total. The van der Waals surface area contributed by atoms with Crippen molar-refractivity contribution in [1.82, 2.24) is 9.55 Å². The number of rotatable bonds is 3. The average molecular weight is 394 g/mol. The first kappa shape index (κ1) is 15.7. The van der Waals surface area contributed by atoms with E-state index in [-0.39, 0.29) is 0 Å². The molecule has 0 amide bonds. The molecular formula is C16H10BrClN2O3. The molecule has 0 saturated carbocycles. The highest BCUT2D eigenvalue weighted by Gasteiger charge is 2.24. The lowest BCUT2D eigenvalue weighted by atomic mass is 10.1. The van der Waals surface area contributed by atoms with Crippen molar-refractivity contribution in [2.75, 3.05) is 0 Å². The Hall–Kier alpha value is -2.18. The van der Waals surface area contributed by atoms with E-state index in [1.807, 2.05) is 0 Å². The minimum atomic E-state index is -1.19. The highest BCUT2D eigenvalue weighted by atomic mass is 79.9. The summed E-state index contributed by atoms with van der Waals surface area (Å²) in [6.45, 7) is 0. The van der Waals surface area contributed by atoms with Crippen molar-refractivity contribution in [1.29, 1.82) is 0 Å². The van der Waals surface area contributed by atoms with Crippen LogP contribution in [0.15, 0.2) is 58.1 Å². The normalized spacial score (nSPS) is 12.3. The van der Waals surface area contributed by atoms with E-state index < -0.39 is 17.6 Å². The summed E-state index contributed by atoms with van der Waals surface area (Å²) < 4.78 is 1.89. The Kier molecular flexibility index (Phi) is 4.19. The molecule has 0 saturated heterocycles. The Bertz CT molecular complexity index is 971. The zero-order valence-corrected chi connectivity index (χ0v) is 14.0. The van der Waals surface area contributed by atoms with Crippen LogP contribution in [0.5, 0.6) is 0 Å². The quantitative estimate of drug-likeness (QED) is 0.739. The number of carbonyl (C=O) groups is 1. The molecule has 2 aromatic carbocycles. The van der Waals surface area contributed by atoms with Gasteiger partial charge in [-0.15, -0.1) is 0 Å². The Morgan fingerprint density at radius 1 is 1.26 bits per heavy atom. The van der Waals surface area contributed by atoms with Gasteiger partial charge in [0.25, 0.3) is 5.56 Å². The van der Waals surface area contributed by atoms with Crippen molar-refractivity contribution < 1.29 is 9.90 Å². The zero-order chi connectivity index (χ0) is 16.6. The molecule has 1 atom stereocenters. The topological polar surface area (TPSA) is 72.2 Å². The second-order valence-corrected chi connectivity index (χ2v) is 6.27. The van der Waals surface area contributed by atoms with E-state index in [1.54, 1.807) is 36.4 Å². The summed E-state index contributed by atoms with van der Waals surface area (Å²) in [6.07, 6.45) is 1.25. The molecule has 1 heterocycles. The first-order chi connectivity index (χ1) is 11.0. The Morgan fingerprint density at radius 3 is 2.74 bits per heavy atom. The Balaban J connectivity index is 2.23. The minimum Gasteiger partial charge on any atom is -0.479 e. The maximum absolute atomic E-state index is 12.7. The third-order valence-electron chi connectivity index (χ3n) is 3.42. The Labute approximate surface area is 144 Å². The van der Waals surface area contributed by atoms with Crippen molar-refractivity contribution in [3.63, 3.8) is 0 Å². The highest BCUT2D eigenvalue weighted by molar-refractivity contribution is 9.10. The van der Waals surface area contributed by atoms with Gasteiger partial charge in [-0.05, 0) is 35.9 Å². The van der Waals surface area contributed by atoms with Crippen LogP contribution < -0.4 is 5.56 Å². The summed E-state index contributed by atoms with van der Waals surface area (Å²) in [4.78, 5) is 28.6. The number of benzene rings is 2. The number of carboxylic acids is 1. The third-order valence-corrected chi connectivity index (χ3v) is 4.15. The van der Waals surface area contributed by atoms with Gasteiger partial charge in [0, 0.05) is 9.50 Å². The van der Waals surface area contributed by atoms with Gasteiger partial charge in [-0.3, -0.25) is 9.36 Å². The standard InChI is InChI=1S/C16H10BrClN2O3/c17-10-4-5-12-13(7-10)19-8-20(15(12)21)14(16(22)23)9-2-1-3-11(18)6-9/h1-8,14H,(H,22,23). The van der Waals surface area contributed by atoms with Crippen LogP contribution >= 0.6 is 27.5 Å². The van der Waals surface area contributed by atoms with Gasteiger partial charge in [0.2, 0.25) is 0 Å². The summed E-state index contributed by atoms with van der Waals surface area (Å²) in [5.41, 5.74) is 0.482. The van der Waals surface area contributed by atoms with Crippen LogP contribution in [0.2, 0.25) is 5.02 Å². The maximum atomic E-state index is 12.7. The van der Waals surface area contributed by atoms with E-state index in [4.69, 9.17) is 11.6 Å². The lowest BCUT2D eigenvalue weighted by molar-refractivity contribution is -0.139. The number of aliphatic carboxylic acids is 1. The summed E-state index contributed by atoms with van der Waals surface area (Å²) in [6, 6.07) is 10.3. The molecule has 0 fully saturated rings. The van der Waals surface area contributed by atoms with E-state index in [9.17, 15) is 14.7 Å². The molecule has 3 aromatic rings. The van der Waals surface area contributed by atoms with Crippen molar-refractivity contribution in [3.05, 3.63) is 74.2 Å². The predicted molar refractivity (Wildman–Crippen MR) is 90.9 cm³/mol. The van der Waals surface area contributed by atoms with Crippen molar-refractivity contribution >= 4 is 44.4 Å². The maximum Gasteiger partial charge on any atom is 0.331 e. The van der Waals surface area contributed by atoms with Gasteiger partial charge in [-0.25, -0.2) is 9.78 Å². The lowest BCUT2D eigenvalue weighted by Crippen LogP contribution is -2.30. The number of halogens is 2. The van der Waals surface area contributed by atoms with E-state index >= 15 is 0 Å². The number of aromatic nitrogens is 2. The molecular weight excluding hydrogens is 384 g/mol. The largest absolute Gasteiger partial charge is 0.479 e. The van der Waals surface area contributed by atoms with Crippen LogP contribution in [0.25, 0.3) is 10.9 Å². The predicted octanol–water partition coefficient (Wildman–Crippen LogP) is 3.49. The number of fused-ring (bicyclic) bond motifs is 1. The van der Waals surface area contributed by atoms with Gasteiger partial charge < -0.3 is 5.11 Å². The first-order valence-electron chi connectivity index (χ1n) is 6.62. The van der Waals surface area contributed by atoms with Crippen molar-refractivity contribution in [2.24, 2.45) is 0 Å². The summed E-state index contributed by atoms with van der Waals surface area (Å²) in [5.74, 6) is -1.16. The molecule has 5 nitrogen and oxygen atoms in total. The molecule has 0 aliphatic heterocycles. The molecule has 0 bridgehead atoms. The van der Waals surface area contributed by atoms with Crippen molar-refractivity contribution in [3.8, 4) is 0 Å². The fraction of sp³-hybridized carbons (Fsp3) is 0.0625. The molecule has 1 unspecified atom stereocenters. The number of carboxylic acid groups (broad SMARTS) is 1. The van der Waals surface area contributed by atoms with Crippen LogP contribution in [-0.2, 0) is 4.79 Å². The second kappa shape index (κ2) is 6.14. The third kappa shape index (κ3) is 3.00. The van der Waals surface area contributed by atoms with E-state index in [2.05, 4.69) is 20.9 Å². The molecule has 7 heteroatoms. The van der Waals surface area contributed by atoms with E-state index in [0.717, 1.165) is 9.04 Å². The molecule has 0 radical (unpaired) electrons.